The molecule has 7 nitrogen and oxygen atoms in total. The Morgan fingerprint density at radius 2 is 1.81 bits per heavy atom. The van der Waals surface area contributed by atoms with Gasteiger partial charge in [-0.25, -0.2) is 4.98 Å². The highest BCUT2D eigenvalue weighted by molar-refractivity contribution is 7.14. The summed E-state index contributed by atoms with van der Waals surface area (Å²) < 4.78 is 7.33. The van der Waals surface area contributed by atoms with Crippen LogP contribution in [0.25, 0.3) is 11.4 Å². The number of thiazole rings is 1. The highest BCUT2D eigenvalue weighted by Crippen LogP contribution is 2.24. The molecular formula is C34H55N5O2S. The van der Waals surface area contributed by atoms with Crippen molar-refractivity contribution < 1.29 is 9.53 Å². The fourth-order valence-corrected chi connectivity index (χ4v) is 4.70. The second kappa shape index (κ2) is 19.3. The number of nitrogens with one attached hydrogen (secondary N) is 2. The summed E-state index contributed by atoms with van der Waals surface area (Å²) in [6.45, 7) is 23.3. The van der Waals surface area contributed by atoms with Gasteiger partial charge in [0, 0.05) is 41.8 Å². The van der Waals surface area contributed by atoms with E-state index in [1.54, 1.807) is 0 Å². The summed E-state index contributed by atoms with van der Waals surface area (Å²) in [6.07, 6.45) is 10.6. The molecule has 3 rings (SSSR count). The Morgan fingerprint density at radius 3 is 2.38 bits per heavy atom. The molecular weight excluding hydrogens is 542 g/mol. The van der Waals surface area contributed by atoms with Gasteiger partial charge in [-0.1, -0.05) is 66.5 Å². The zero-order chi connectivity index (χ0) is 31.7. The van der Waals surface area contributed by atoms with Crippen molar-refractivity contribution in [3.8, 4) is 11.4 Å². The Hall–Kier alpha value is -2.97. The van der Waals surface area contributed by atoms with Crippen molar-refractivity contribution in [2.75, 3.05) is 19.0 Å². The predicted octanol–water partition coefficient (Wildman–Crippen LogP) is 9.08. The van der Waals surface area contributed by atoms with E-state index >= 15 is 0 Å². The highest BCUT2D eigenvalue weighted by atomic mass is 32.1. The number of aromatic nitrogens is 3. The third kappa shape index (κ3) is 13.3. The number of methoxy groups -OCH3 is 1. The lowest BCUT2D eigenvalue weighted by Crippen LogP contribution is -2.27. The minimum Gasteiger partial charge on any atom is -0.381 e. The molecule has 0 aliphatic heterocycles. The first-order valence-electron chi connectivity index (χ1n) is 15.3. The van der Waals surface area contributed by atoms with Crippen LogP contribution in [0.3, 0.4) is 0 Å². The van der Waals surface area contributed by atoms with E-state index in [-0.39, 0.29) is 11.4 Å². The normalized spacial score (nSPS) is 12.2. The molecule has 42 heavy (non-hydrogen) atoms. The Labute approximate surface area is 259 Å². The topological polar surface area (TPSA) is 81.1 Å². The summed E-state index contributed by atoms with van der Waals surface area (Å²) in [5, 5.41) is 8.70. The van der Waals surface area contributed by atoms with Crippen LogP contribution in [-0.4, -0.2) is 40.2 Å². The number of nitrogens with zero attached hydrogens (tertiary/aromatic N) is 3. The van der Waals surface area contributed by atoms with Gasteiger partial charge < -0.3 is 19.9 Å². The van der Waals surface area contributed by atoms with Crippen LogP contribution in [0.5, 0.6) is 0 Å². The van der Waals surface area contributed by atoms with Crippen molar-refractivity contribution in [1.29, 1.82) is 0 Å². The van der Waals surface area contributed by atoms with Gasteiger partial charge in [0.1, 0.15) is 5.69 Å². The van der Waals surface area contributed by atoms with Crippen LogP contribution in [-0.2, 0) is 10.3 Å². The van der Waals surface area contributed by atoms with Gasteiger partial charge in [-0.15, -0.1) is 11.3 Å². The monoisotopic (exact) mass is 597 g/mol. The summed E-state index contributed by atoms with van der Waals surface area (Å²) in [7, 11) is 1.82. The fourth-order valence-electron chi connectivity index (χ4n) is 3.95. The van der Waals surface area contributed by atoms with Crippen LogP contribution < -0.4 is 10.6 Å². The number of anilines is 1. The lowest BCUT2D eigenvalue weighted by molar-refractivity contribution is 0.0888. The quantitative estimate of drug-likeness (QED) is 0.205. The van der Waals surface area contributed by atoms with E-state index in [1.807, 2.05) is 74.5 Å². The number of aryl methyl sites for hydroxylation is 1. The number of ether oxygens (including phenoxy) is 1. The molecule has 0 spiro atoms. The van der Waals surface area contributed by atoms with Crippen LogP contribution in [0.2, 0.25) is 0 Å². The molecule has 0 aromatic carbocycles. The van der Waals surface area contributed by atoms with E-state index in [1.165, 1.54) is 37.0 Å². The van der Waals surface area contributed by atoms with Gasteiger partial charge in [0.15, 0.2) is 5.13 Å². The van der Waals surface area contributed by atoms with Crippen LogP contribution in [0.4, 0.5) is 5.13 Å². The first-order chi connectivity index (χ1) is 20.0. The van der Waals surface area contributed by atoms with Crippen LogP contribution in [0.1, 0.15) is 104 Å². The maximum atomic E-state index is 12.3. The number of carbonyl (C=O) groups excluding carboxylic acids is 1. The Morgan fingerprint density at radius 1 is 1.10 bits per heavy atom. The number of rotatable bonds is 13. The predicted molar refractivity (Wildman–Crippen MR) is 180 cm³/mol. The molecule has 3 aromatic heterocycles. The van der Waals surface area contributed by atoms with E-state index < -0.39 is 0 Å². The molecule has 3 aromatic rings. The van der Waals surface area contributed by atoms with Crippen molar-refractivity contribution in [3.63, 3.8) is 0 Å². The third-order valence-electron chi connectivity index (χ3n) is 6.84. The second-order valence-corrected chi connectivity index (χ2v) is 12.2. The molecule has 0 fully saturated rings. The van der Waals surface area contributed by atoms with Gasteiger partial charge in [0.05, 0.1) is 23.9 Å². The molecule has 1 amide bonds. The molecule has 0 saturated heterocycles. The summed E-state index contributed by atoms with van der Waals surface area (Å²) in [6, 6.07) is 7.67. The lowest BCUT2D eigenvalue weighted by Gasteiger charge is -2.20. The van der Waals surface area contributed by atoms with Gasteiger partial charge >= 0.3 is 0 Å². The van der Waals surface area contributed by atoms with Gasteiger partial charge in [0.2, 0.25) is 0 Å². The van der Waals surface area contributed by atoms with E-state index in [4.69, 9.17) is 4.74 Å². The van der Waals surface area contributed by atoms with Crippen molar-refractivity contribution in [2.24, 2.45) is 5.92 Å². The SMILES string of the molecule is C=C(CNC(=O)c1ccn(C(C)(C)C)c1)Nc1nc(-c2cccc(C)n2)cs1.CC.CCC(C)CCCC(CC)OC. The molecule has 2 unspecified atom stereocenters. The minimum absolute atomic E-state index is 0.0572. The van der Waals surface area contributed by atoms with E-state index in [0.29, 0.717) is 23.9 Å². The van der Waals surface area contributed by atoms with Gasteiger partial charge in [0.25, 0.3) is 5.91 Å². The molecule has 0 radical (unpaired) electrons. The molecule has 2 atom stereocenters. The number of hydrogen-bond donors (Lipinski definition) is 2. The Kier molecular flexibility index (Phi) is 17.0. The average molecular weight is 598 g/mol. The molecule has 0 saturated carbocycles. The maximum absolute atomic E-state index is 12.3. The standard InChI is InChI=1S/C21H25N5OS.C11H24O.C2H6/c1-14-7-6-8-17(23-14)18-13-28-20(25-18)24-15(2)11-22-19(27)16-9-10-26(12-16)21(3,4)5;1-5-10(3)8-7-9-11(6-2)12-4;1-2/h6-10,12-13H,2,11H2,1,3-5H3,(H,22,27)(H,24,25);10-11H,5-9H2,1-4H3;1-2H3. The molecule has 234 valence electrons. The molecule has 2 N–H and O–H groups in total. The summed E-state index contributed by atoms with van der Waals surface area (Å²) >= 11 is 1.48. The van der Waals surface area contributed by atoms with Gasteiger partial charge in [-0.3, -0.25) is 9.78 Å². The largest absolute Gasteiger partial charge is 0.381 e. The molecule has 3 heterocycles. The average Bonchev–Trinajstić information content (AvgIpc) is 3.66. The van der Waals surface area contributed by atoms with Gasteiger partial charge in [-0.05, 0) is 64.7 Å². The van der Waals surface area contributed by atoms with Crippen LogP contribution in [0, 0.1) is 12.8 Å². The molecule has 0 bridgehead atoms. The maximum Gasteiger partial charge on any atom is 0.253 e. The smallest absolute Gasteiger partial charge is 0.253 e. The Balaban J connectivity index is 0.000000532. The molecule has 8 heteroatoms. The first-order valence-corrected chi connectivity index (χ1v) is 16.2. The molecule has 0 aliphatic rings. The minimum atomic E-state index is -0.130. The van der Waals surface area contributed by atoms with Crippen LogP contribution in [0.15, 0.2) is 54.3 Å². The second-order valence-electron chi connectivity index (χ2n) is 11.3. The van der Waals surface area contributed by atoms with E-state index in [0.717, 1.165) is 34.6 Å². The number of carbonyl (C=O) groups is 1. The zero-order valence-corrected chi connectivity index (χ0v) is 28.5. The molecule has 0 aliphatic carbocycles. The van der Waals surface area contributed by atoms with E-state index in [2.05, 4.69) is 68.7 Å². The number of hydrogen-bond acceptors (Lipinski definition) is 6. The van der Waals surface area contributed by atoms with Crippen molar-refractivity contribution in [2.45, 2.75) is 106 Å². The van der Waals surface area contributed by atoms with E-state index in [9.17, 15) is 4.79 Å². The highest BCUT2D eigenvalue weighted by Gasteiger charge is 2.15. The lowest BCUT2D eigenvalue weighted by atomic mass is 9.99. The van der Waals surface area contributed by atoms with Crippen LogP contribution >= 0.6 is 11.3 Å². The number of amides is 1. The van der Waals surface area contributed by atoms with Crippen molar-refractivity contribution in [3.05, 3.63) is 65.6 Å². The summed E-state index contributed by atoms with van der Waals surface area (Å²) in [5.41, 5.74) is 3.85. The van der Waals surface area contributed by atoms with Gasteiger partial charge in [-0.2, -0.15) is 0 Å². The third-order valence-corrected chi connectivity index (χ3v) is 7.60. The Bertz CT molecular complexity index is 1190. The summed E-state index contributed by atoms with van der Waals surface area (Å²) in [4.78, 5) is 21.4. The number of pyridine rings is 1. The zero-order valence-electron chi connectivity index (χ0n) is 27.7. The first kappa shape index (κ1) is 37.1. The summed E-state index contributed by atoms with van der Waals surface area (Å²) in [5.74, 6) is 0.758. The fraction of sp³-hybridized carbons (Fsp3) is 0.559. The van der Waals surface area contributed by atoms with Crippen molar-refractivity contribution in [1.82, 2.24) is 19.9 Å². The van der Waals surface area contributed by atoms with Crippen molar-refractivity contribution >= 4 is 22.4 Å².